The molecule has 0 bridgehead atoms. The summed E-state index contributed by atoms with van der Waals surface area (Å²) in [6.45, 7) is 2.24. The summed E-state index contributed by atoms with van der Waals surface area (Å²) in [6, 6.07) is 0.421. The maximum absolute atomic E-state index is 8.98. The average molecular weight is 167 g/mol. The van der Waals surface area contributed by atoms with Gasteiger partial charge in [0.2, 0.25) is 0 Å². The van der Waals surface area contributed by atoms with E-state index >= 15 is 0 Å². The second-order valence-electron chi connectivity index (χ2n) is 3.24. The number of H-pyrrole nitrogens is 1. The van der Waals surface area contributed by atoms with E-state index in [4.69, 9.17) is 5.11 Å². The number of hydrogen-bond donors (Lipinski definition) is 3. The minimum Gasteiger partial charge on any atom is -0.395 e. The molecule has 2 unspecified atom stereocenters. The maximum Gasteiger partial charge on any atom is 0.0925 e. The zero-order chi connectivity index (χ0) is 8.55. The van der Waals surface area contributed by atoms with E-state index in [0.717, 1.165) is 17.8 Å². The molecule has 0 spiro atoms. The molecule has 1 aromatic rings. The van der Waals surface area contributed by atoms with Crippen LogP contribution in [-0.2, 0) is 6.42 Å². The highest BCUT2D eigenvalue weighted by Gasteiger charge is 2.24. The summed E-state index contributed by atoms with van der Waals surface area (Å²) in [5.41, 5.74) is 2.24. The molecule has 0 saturated heterocycles. The monoisotopic (exact) mass is 167 g/mol. The van der Waals surface area contributed by atoms with Crippen molar-refractivity contribution in [3.63, 3.8) is 0 Å². The zero-order valence-corrected chi connectivity index (χ0v) is 7.04. The summed E-state index contributed by atoms with van der Waals surface area (Å²) in [4.78, 5) is 7.30. The number of imidazole rings is 1. The van der Waals surface area contributed by atoms with Gasteiger partial charge in [-0.2, -0.15) is 0 Å². The summed E-state index contributed by atoms with van der Waals surface area (Å²) in [7, 11) is 0. The summed E-state index contributed by atoms with van der Waals surface area (Å²) in [5.74, 6) is 0. The summed E-state index contributed by atoms with van der Waals surface area (Å²) in [5, 5.41) is 12.3. The van der Waals surface area contributed by atoms with Crippen molar-refractivity contribution >= 4 is 0 Å². The molecule has 0 aliphatic carbocycles. The van der Waals surface area contributed by atoms with Crippen LogP contribution in [-0.4, -0.2) is 27.7 Å². The van der Waals surface area contributed by atoms with Gasteiger partial charge in [-0.1, -0.05) is 0 Å². The lowest BCUT2D eigenvalue weighted by atomic mass is 10.0. The standard InChI is InChI=1S/C8H13N3O/c1-5-8-7(9-4-10-8)2-6(3-12)11-5/h4-6,11-12H,2-3H2,1H3,(H,9,10). The van der Waals surface area contributed by atoms with E-state index in [1.165, 1.54) is 0 Å². The first-order valence-corrected chi connectivity index (χ1v) is 4.20. The fraction of sp³-hybridized carbons (Fsp3) is 0.625. The van der Waals surface area contributed by atoms with Crippen LogP contribution in [0, 0.1) is 0 Å². The van der Waals surface area contributed by atoms with Crippen molar-refractivity contribution in [2.24, 2.45) is 0 Å². The zero-order valence-electron chi connectivity index (χ0n) is 7.04. The first-order chi connectivity index (χ1) is 5.81. The molecule has 2 atom stereocenters. The van der Waals surface area contributed by atoms with E-state index in [-0.39, 0.29) is 18.7 Å². The molecule has 12 heavy (non-hydrogen) atoms. The van der Waals surface area contributed by atoms with Gasteiger partial charge in [0.25, 0.3) is 0 Å². The van der Waals surface area contributed by atoms with E-state index in [1.807, 2.05) is 0 Å². The molecule has 1 aliphatic rings. The highest BCUT2D eigenvalue weighted by atomic mass is 16.3. The molecule has 4 nitrogen and oxygen atoms in total. The molecule has 66 valence electrons. The fourth-order valence-corrected chi connectivity index (χ4v) is 1.72. The van der Waals surface area contributed by atoms with Crippen molar-refractivity contribution in [3.05, 3.63) is 17.7 Å². The summed E-state index contributed by atoms with van der Waals surface area (Å²) < 4.78 is 0. The fourth-order valence-electron chi connectivity index (χ4n) is 1.72. The molecule has 4 heteroatoms. The van der Waals surface area contributed by atoms with Gasteiger partial charge in [-0.3, -0.25) is 0 Å². The van der Waals surface area contributed by atoms with E-state index < -0.39 is 0 Å². The van der Waals surface area contributed by atoms with E-state index in [2.05, 4.69) is 22.2 Å². The van der Waals surface area contributed by atoms with Crippen LogP contribution in [0.5, 0.6) is 0 Å². The van der Waals surface area contributed by atoms with Gasteiger partial charge in [0.1, 0.15) is 0 Å². The number of aromatic nitrogens is 2. The first-order valence-electron chi connectivity index (χ1n) is 4.20. The van der Waals surface area contributed by atoms with Crippen molar-refractivity contribution in [1.82, 2.24) is 15.3 Å². The average Bonchev–Trinajstić information content (AvgIpc) is 2.52. The normalized spacial score (nSPS) is 28.5. The van der Waals surface area contributed by atoms with Crippen LogP contribution in [0.3, 0.4) is 0 Å². The molecule has 0 amide bonds. The van der Waals surface area contributed by atoms with Crippen LogP contribution in [0.4, 0.5) is 0 Å². The molecule has 1 aromatic heterocycles. The van der Waals surface area contributed by atoms with E-state index in [9.17, 15) is 0 Å². The largest absolute Gasteiger partial charge is 0.395 e. The van der Waals surface area contributed by atoms with Gasteiger partial charge in [0, 0.05) is 24.2 Å². The second-order valence-corrected chi connectivity index (χ2v) is 3.24. The Morgan fingerprint density at radius 2 is 2.58 bits per heavy atom. The minimum atomic E-state index is 0.174. The van der Waals surface area contributed by atoms with Gasteiger partial charge >= 0.3 is 0 Å². The third kappa shape index (κ3) is 1.13. The van der Waals surface area contributed by atoms with E-state index in [1.54, 1.807) is 6.33 Å². The minimum absolute atomic E-state index is 0.174. The Bertz CT molecular complexity index is 271. The number of aliphatic hydroxyl groups is 1. The molecule has 1 aliphatic heterocycles. The number of fused-ring (bicyclic) bond motifs is 1. The van der Waals surface area contributed by atoms with Crippen molar-refractivity contribution < 1.29 is 5.11 Å². The lowest BCUT2D eigenvalue weighted by molar-refractivity contribution is 0.224. The smallest absolute Gasteiger partial charge is 0.0925 e. The number of hydrogen-bond acceptors (Lipinski definition) is 3. The molecular formula is C8H13N3O. The predicted molar refractivity (Wildman–Crippen MR) is 44.7 cm³/mol. The number of nitrogens with one attached hydrogen (secondary N) is 2. The Hall–Kier alpha value is -0.870. The summed E-state index contributed by atoms with van der Waals surface area (Å²) in [6.07, 6.45) is 2.55. The molecule has 2 rings (SSSR count). The Morgan fingerprint density at radius 1 is 1.75 bits per heavy atom. The molecule has 0 fully saturated rings. The van der Waals surface area contributed by atoms with Crippen LogP contribution in [0.25, 0.3) is 0 Å². The number of aromatic amines is 1. The van der Waals surface area contributed by atoms with Crippen LogP contribution in [0.1, 0.15) is 24.4 Å². The van der Waals surface area contributed by atoms with Crippen LogP contribution in [0.2, 0.25) is 0 Å². The lowest BCUT2D eigenvalue weighted by Gasteiger charge is -2.26. The molecular weight excluding hydrogens is 154 g/mol. The Kier molecular flexibility index (Phi) is 1.86. The van der Waals surface area contributed by atoms with Gasteiger partial charge in [-0.05, 0) is 6.92 Å². The number of aliphatic hydroxyl groups excluding tert-OH is 1. The lowest BCUT2D eigenvalue weighted by Crippen LogP contribution is -2.40. The summed E-state index contributed by atoms with van der Waals surface area (Å²) >= 11 is 0. The van der Waals surface area contributed by atoms with Gasteiger partial charge < -0.3 is 15.4 Å². The third-order valence-electron chi connectivity index (χ3n) is 2.32. The van der Waals surface area contributed by atoms with Gasteiger partial charge in [-0.25, -0.2) is 4.98 Å². The third-order valence-corrected chi connectivity index (χ3v) is 2.32. The molecule has 0 aromatic carbocycles. The quantitative estimate of drug-likeness (QED) is 0.550. The maximum atomic E-state index is 8.98. The molecule has 3 N–H and O–H groups in total. The SMILES string of the molecule is CC1NC(CO)Cc2[nH]cnc21. The van der Waals surface area contributed by atoms with Gasteiger partial charge in [0.05, 0.1) is 18.6 Å². The Labute approximate surface area is 71.0 Å². The highest BCUT2D eigenvalue weighted by Crippen LogP contribution is 2.20. The van der Waals surface area contributed by atoms with Crippen LogP contribution >= 0.6 is 0 Å². The topological polar surface area (TPSA) is 60.9 Å². The van der Waals surface area contributed by atoms with Crippen molar-refractivity contribution in [2.75, 3.05) is 6.61 Å². The van der Waals surface area contributed by atoms with Crippen LogP contribution < -0.4 is 5.32 Å². The molecule has 0 radical (unpaired) electrons. The van der Waals surface area contributed by atoms with Crippen molar-refractivity contribution in [1.29, 1.82) is 0 Å². The number of rotatable bonds is 1. The van der Waals surface area contributed by atoms with Crippen LogP contribution in [0.15, 0.2) is 6.33 Å². The highest BCUT2D eigenvalue weighted by molar-refractivity contribution is 5.19. The van der Waals surface area contributed by atoms with Crippen molar-refractivity contribution in [2.45, 2.75) is 25.4 Å². The Morgan fingerprint density at radius 3 is 3.33 bits per heavy atom. The first kappa shape index (κ1) is 7.76. The Balaban J connectivity index is 2.26. The second kappa shape index (κ2) is 2.88. The predicted octanol–water partition coefficient (Wildman–Crippen LogP) is -0.0227. The van der Waals surface area contributed by atoms with Gasteiger partial charge in [0.15, 0.2) is 0 Å². The van der Waals surface area contributed by atoms with Crippen molar-refractivity contribution in [3.8, 4) is 0 Å². The molecule has 0 saturated carbocycles. The van der Waals surface area contributed by atoms with Gasteiger partial charge in [-0.15, -0.1) is 0 Å². The molecule has 2 heterocycles. The number of nitrogens with zero attached hydrogens (tertiary/aromatic N) is 1. The van der Waals surface area contributed by atoms with E-state index in [0.29, 0.717) is 0 Å².